The summed E-state index contributed by atoms with van der Waals surface area (Å²) in [6.45, 7) is 0. The molecule has 1 heterocycles. The predicted molar refractivity (Wildman–Crippen MR) is 38.2 cm³/mol. The van der Waals surface area contributed by atoms with E-state index in [-0.39, 0.29) is 5.78 Å². The van der Waals surface area contributed by atoms with Crippen LogP contribution in [0.25, 0.3) is 0 Å². The minimum atomic E-state index is -0.0602. The van der Waals surface area contributed by atoms with Crippen LogP contribution in [0.4, 0.5) is 0 Å². The number of hydrogen-bond acceptors (Lipinski definition) is 3. The highest BCUT2D eigenvalue weighted by molar-refractivity contribution is 6.52. The zero-order chi connectivity index (χ0) is 6.97. The van der Waals surface area contributed by atoms with E-state index in [1.807, 2.05) is 0 Å². The van der Waals surface area contributed by atoms with Gasteiger partial charge in [-0.25, -0.2) is 9.98 Å². The third-order valence-corrected chi connectivity index (χ3v) is 1.36. The number of aliphatic imine (C=N–C) groups is 2. The van der Waals surface area contributed by atoms with E-state index in [9.17, 15) is 4.79 Å². The fraction of sp³-hybridized carbons (Fsp3) is 0. The highest BCUT2D eigenvalue weighted by atomic mass is 16.1. The van der Waals surface area contributed by atoms with E-state index in [4.69, 9.17) is 0 Å². The molecule has 0 atom stereocenters. The normalized spacial score (nSPS) is 20.6. The summed E-state index contributed by atoms with van der Waals surface area (Å²) in [5.41, 5.74) is 1.13. The topological polar surface area (TPSA) is 41.8 Å². The van der Waals surface area contributed by atoms with Crippen molar-refractivity contribution in [1.82, 2.24) is 0 Å². The summed E-state index contributed by atoms with van der Waals surface area (Å²) in [4.78, 5) is 18.6. The molecule has 3 nitrogen and oxygen atoms in total. The van der Waals surface area contributed by atoms with Gasteiger partial charge in [0.2, 0.25) is 5.78 Å². The molecule has 2 aliphatic rings. The standard InChI is InChI=1S/C7H4N2O/c10-6-3-1-2-5-7(6)9-4-8-5/h1-4H. The van der Waals surface area contributed by atoms with Crippen molar-refractivity contribution in [3.63, 3.8) is 0 Å². The van der Waals surface area contributed by atoms with Gasteiger partial charge in [0, 0.05) is 0 Å². The molecule has 10 heavy (non-hydrogen) atoms. The second kappa shape index (κ2) is 1.73. The van der Waals surface area contributed by atoms with Gasteiger partial charge in [0.25, 0.3) is 0 Å². The summed E-state index contributed by atoms with van der Waals surface area (Å²) in [5.74, 6) is -0.0602. The first-order chi connectivity index (χ1) is 4.88. The summed E-state index contributed by atoms with van der Waals surface area (Å²) < 4.78 is 0. The van der Waals surface area contributed by atoms with Crippen LogP contribution in [0.15, 0.2) is 33.9 Å². The Morgan fingerprint density at radius 3 is 3.10 bits per heavy atom. The molecule has 0 saturated carbocycles. The van der Waals surface area contributed by atoms with Crippen molar-refractivity contribution in [1.29, 1.82) is 0 Å². The van der Waals surface area contributed by atoms with Crippen molar-refractivity contribution >= 4 is 17.8 Å². The minimum Gasteiger partial charge on any atom is -0.287 e. The molecule has 0 saturated heterocycles. The monoisotopic (exact) mass is 132 g/mol. The van der Waals surface area contributed by atoms with Gasteiger partial charge in [-0.1, -0.05) is 6.08 Å². The number of ketones is 1. The Bertz CT molecular complexity index is 302. The van der Waals surface area contributed by atoms with E-state index in [1.54, 1.807) is 12.2 Å². The van der Waals surface area contributed by atoms with Crippen LogP contribution in [-0.2, 0) is 4.79 Å². The minimum absolute atomic E-state index is 0.0602. The van der Waals surface area contributed by atoms with Crippen LogP contribution in [0.5, 0.6) is 0 Å². The maximum absolute atomic E-state index is 10.9. The van der Waals surface area contributed by atoms with Crippen molar-refractivity contribution in [2.75, 3.05) is 0 Å². The Balaban J connectivity index is 2.54. The van der Waals surface area contributed by atoms with Crippen molar-refractivity contribution in [2.45, 2.75) is 0 Å². The highest BCUT2D eigenvalue weighted by Crippen LogP contribution is 2.11. The Labute approximate surface area is 57.5 Å². The number of carbonyl (C=O) groups is 1. The lowest BCUT2D eigenvalue weighted by Gasteiger charge is -1.98. The maximum Gasteiger partial charge on any atom is 0.206 e. The average Bonchev–Trinajstić information content (AvgIpc) is 2.36. The van der Waals surface area contributed by atoms with Crippen molar-refractivity contribution in [3.05, 3.63) is 23.9 Å². The second-order valence-electron chi connectivity index (χ2n) is 2.00. The Morgan fingerprint density at radius 2 is 2.30 bits per heavy atom. The molecule has 0 radical (unpaired) electrons. The van der Waals surface area contributed by atoms with Crippen LogP contribution in [-0.4, -0.2) is 17.8 Å². The maximum atomic E-state index is 10.9. The number of carbonyl (C=O) groups excluding carboxylic acids is 1. The molecule has 0 aromatic heterocycles. The first kappa shape index (κ1) is 5.29. The van der Waals surface area contributed by atoms with Crippen molar-refractivity contribution < 1.29 is 4.79 Å². The number of allylic oxidation sites excluding steroid dienone is 4. The Morgan fingerprint density at radius 1 is 1.40 bits per heavy atom. The fourth-order valence-corrected chi connectivity index (χ4v) is 0.893. The molecule has 3 heteroatoms. The van der Waals surface area contributed by atoms with E-state index < -0.39 is 0 Å². The summed E-state index contributed by atoms with van der Waals surface area (Å²) in [6.07, 6.45) is 6.33. The van der Waals surface area contributed by atoms with Crippen molar-refractivity contribution in [3.8, 4) is 0 Å². The average molecular weight is 132 g/mol. The van der Waals surface area contributed by atoms with Crippen LogP contribution in [0, 0.1) is 0 Å². The van der Waals surface area contributed by atoms with Gasteiger partial charge < -0.3 is 0 Å². The molecule has 0 unspecified atom stereocenters. The molecule has 1 aliphatic carbocycles. The van der Waals surface area contributed by atoms with Crippen LogP contribution in [0.1, 0.15) is 0 Å². The van der Waals surface area contributed by atoms with Crippen LogP contribution >= 0.6 is 0 Å². The van der Waals surface area contributed by atoms with E-state index in [0.29, 0.717) is 11.4 Å². The Kier molecular flexibility index (Phi) is 0.917. The largest absolute Gasteiger partial charge is 0.287 e. The summed E-state index contributed by atoms with van der Waals surface area (Å²) >= 11 is 0. The third-order valence-electron chi connectivity index (χ3n) is 1.36. The second-order valence-corrected chi connectivity index (χ2v) is 2.00. The third kappa shape index (κ3) is 0.572. The zero-order valence-electron chi connectivity index (χ0n) is 5.11. The van der Waals surface area contributed by atoms with Gasteiger partial charge in [-0.15, -0.1) is 0 Å². The van der Waals surface area contributed by atoms with Gasteiger partial charge in [0.15, 0.2) is 0 Å². The van der Waals surface area contributed by atoms with Crippen LogP contribution < -0.4 is 0 Å². The quantitative estimate of drug-likeness (QED) is 0.442. The molecule has 1 aliphatic heterocycles. The number of rotatable bonds is 0. The highest BCUT2D eigenvalue weighted by Gasteiger charge is 2.18. The Hall–Kier alpha value is -1.51. The number of fused-ring (bicyclic) bond motifs is 1. The number of hydrogen-bond donors (Lipinski definition) is 0. The van der Waals surface area contributed by atoms with Gasteiger partial charge in [-0.3, -0.25) is 4.79 Å². The van der Waals surface area contributed by atoms with E-state index >= 15 is 0 Å². The lowest BCUT2D eigenvalue weighted by molar-refractivity contribution is -0.108. The number of nitrogens with zero attached hydrogens (tertiary/aromatic N) is 2. The van der Waals surface area contributed by atoms with Gasteiger partial charge in [0.05, 0.1) is 5.70 Å². The molecule has 0 aromatic carbocycles. The lowest BCUT2D eigenvalue weighted by Crippen LogP contribution is -2.12. The molecule has 0 N–H and O–H groups in total. The van der Waals surface area contributed by atoms with E-state index in [2.05, 4.69) is 9.98 Å². The van der Waals surface area contributed by atoms with E-state index in [0.717, 1.165) is 0 Å². The smallest absolute Gasteiger partial charge is 0.206 e. The van der Waals surface area contributed by atoms with Gasteiger partial charge in [-0.2, -0.15) is 0 Å². The van der Waals surface area contributed by atoms with Crippen molar-refractivity contribution in [2.24, 2.45) is 9.98 Å². The van der Waals surface area contributed by atoms with Gasteiger partial charge in [-0.05, 0) is 12.2 Å². The molecule has 0 aromatic rings. The summed E-state index contributed by atoms with van der Waals surface area (Å²) in [6, 6.07) is 0. The first-order valence-electron chi connectivity index (χ1n) is 2.91. The molecular formula is C7H4N2O. The first-order valence-corrected chi connectivity index (χ1v) is 2.91. The van der Waals surface area contributed by atoms with E-state index in [1.165, 1.54) is 12.4 Å². The van der Waals surface area contributed by atoms with Gasteiger partial charge >= 0.3 is 0 Å². The molecule has 0 fully saturated rings. The summed E-state index contributed by atoms with van der Waals surface area (Å²) in [5, 5.41) is 0. The molecular weight excluding hydrogens is 128 g/mol. The lowest BCUT2D eigenvalue weighted by atomic mass is 10.1. The predicted octanol–water partition coefficient (Wildman–Crippen LogP) is 0.492. The molecule has 0 bridgehead atoms. The van der Waals surface area contributed by atoms with Crippen LogP contribution in [0.3, 0.4) is 0 Å². The SMILES string of the molecule is O=C1C=CC=C2N=CN=C12. The fourth-order valence-electron chi connectivity index (χ4n) is 0.893. The molecule has 0 amide bonds. The molecule has 0 spiro atoms. The summed E-state index contributed by atoms with van der Waals surface area (Å²) in [7, 11) is 0. The molecule has 2 rings (SSSR count). The van der Waals surface area contributed by atoms with Crippen LogP contribution in [0.2, 0.25) is 0 Å². The molecule has 48 valence electrons. The van der Waals surface area contributed by atoms with Gasteiger partial charge in [0.1, 0.15) is 12.1 Å². The zero-order valence-corrected chi connectivity index (χ0v) is 5.11.